The molecule has 1 heterocycles. The van der Waals surface area contributed by atoms with E-state index in [2.05, 4.69) is 49.2 Å². The Morgan fingerprint density at radius 2 is 2.15 bits per heavy atom. The smallest absolute Gasteiger partial charge is 0.0474 e. The minimum Gasteiger partial charge on any atom is -0.371 e. The van der Waals surface area contributed by atoms with Crippen LogP contribution in [0, 0.1) is 5.92 Å². The lowest BCUT2D eigenvalue weighted by Crippen LogP contribution is -2.24. The Labute approximate surface area is 128 Å². The molecule has 0 aliphatic carbocycles. The van der Waals surface area contributed by atoms with Crippen molar-refractivity contribution in [3.05, 3.63) is 28.8 Å². The standard InChI is InChI=1S/C17H27ClN2/c1-4-19-14(3)16-8-7-15(12-17(16)18)20-10-5-6-13(2)9-11-20/h7-8,12-14,19H,4-6,9-11H2,1-3H3. The van der Waals surface area contributed by atoms with Gasteiger partial charge in [0.2, 0.25) is 0 Å². The summed E-state index contributed by atoms with van der Waals surface area (Å²) in [5, 5.41) is 4.30. The Morgan fingerprint density at radius 3 is 2.85 bits per heavy atom. The maximum atomic E-state index is 6.48. The molecule has 2 nitrogen and oxygen atoms in total. The lowest BCUT2D eigenvalue weighted by Gasteiger charge is -2.24. The third kappa shape index (κ3) is 3.89. The van der Waals surface area contributed by atoms with E-state index < -0.39 is 0 Å². The van der Waals surface area contributed by atoms with Crippen molar-refractivity contribution in [2.75, 3.05) is 24.5 Å². The summed E-state index contributed by atoms with van der Waals surface area (Å²) in [6.07, 6.45) is 3.92. The molecule has 1 aliphatic heterocycles. The highest BCUT2D eigenvalue weighted by atomic mass is 35.5. The first-order chi connectivity index (χ1) is 9.61. The lowest BCUT2D eigenvalue weighted by molar-refractivity contribution is 0.521. The Hall–Kier alpha value is -0.730. The molecule has 0 amide bonds. The fourth-order valence-corrected chi connectivity index (χ4v) is 3.34. The second-order valence-electron chi connectivity index (χ2n) is 6.01. The molecule has 2 atom stereocenters. The molecule has 1 N–H and O–H groups in total. The van der Waals surface area contributed by atoms with E-state index in [0.717, 1.165) is 30.6 Å². The van der Waals surface area contributed by atoms with Gasteiger partial charge in [-0.15, -0.1) is 0 Å². The molecule has 0 aromatic heterocycles. The van der Waals surface area contributed by atoms with Crippen molar-refractivity contribution in [1.82, 2.24) is 5.32 Å². The van der Waals surface area contributed by atoms with E-state index in [4.69, 9.17) is 11.6 Å². The Morgan fingerprint density at radius 1 is 1.35 bits per heavy atom. The maximum absolute atomic E-state index is 6.48. The van der Waals surface area contributed by atoms with Gasteiger partial charge in [-0.2, -0.15) is 0 Å². The average Bonchev–Trinajstić information content (AvgIpc) is 2.63. The van der Waals surface area contributed by atoms with Crippen LogP contribution in [0.15, 0.2) is 18.2 Å². The number of anilines is 1. The molecule has 20 heavy (non-hydrogen) atoms. The third-order valence-electron chi connectivity index (χ3n) is 4.34. The van der Waals surface area contributed by atoms with Gasteiger partial charge in [0, 0.05) is 29.8 Å². The van der Waals surface area contributed by atoms with Crippen molar-refractivity contribution in [3.63, 3.8) is 0 Å². The molecule has 1 aliphatic rings. The van der Waals surface area contributed by atoms with Crippen molar-refractivity contribution >= 4 is 17.3 Å². The molecule has 3 heteroatoms. The Kier molecular flexibility index (Phi) is 5.74. The van der Waals surface area contributed by atoms with Crippen LogP contribution in [0.2, 0.25) is 5.02 Å². The zero-order chi connectivity index (χ0) is 14.5. The van der Waals surface area contributed by atoms with Gasteiger partial charge in [0.05, 0.1) is 0 Å². The largest absolute Gasteiger partial charge is 0.371 e. The number of hydrogen-bond donors (Lipinski definition) is 1. The zero-order valence-electron chi connectivity index (χ0n) is 13.0. The Bertz CT molecular complexity index is 433. The average molecular weight is 295 g/mol. The van der Waals surface area contributed by atoms with Gasteiger partial charge >= 0.3 is 0 Å². The van der Waals surface area contributed by atoms with Gasteiger partial charge in [0.1, 0.15) is 0 Å². The first-order valence-corrected chi connectivity index (χ1v) is 8.27. The number of hydrogen-bond acceptors (Lipinski definition) is 2. The van der Waals surface area contributed by atoms with E-state index in [1.807, 2.05) is 0 Å². The summed E-state index contributed by atoms with van der Waals surface area (Å²) >= 11 is 6.48. The number of halogens is 1. The highest BCUT2D eigenvalue weighted by molar-refractivity contribution is 6.31. The van der Waals surface area contributed by atoms with E-state index in [0.29, 0.717) is 6.04 Å². The summed E-state index contributed by atoms with van der Waals surface area (Å²) in [7, 11) is 0. The molecule has 1 aromatic carbocycles. The van der Waals surface area contributed by atoms with E-state index >= 15 is 0 Å². The Balaban J connectivity index is 2.11. The van der Waals surface area contributed by atoms with Crippen molar-refractivity contribution in [2.24, 2.45) is 5.92 Å². The number of nitrogens with one attached hydrogen (secondary N) is 1. The quantitative estimate of drug-likeness (QED) is 0.870. The molecular formula is C17H27ClN2. The normalized spacial score (nSPS) is 21.6. The van der Waals surface area contributed by atoms with Crippen LogP contribution in [0.25, 0.3) is 0 Å². The van der Waals surface area contributed by atoms with Crippen LogP contribution in [0.5, 0.6) is 0 Å². The minimum absolute atomic E-state index is 0.311. The molecule has 112 valence electrons. The number of nitrogens with zero attached hydrogens (tertiary/aromatic N) is 1. The predicted molar refractivity (Wildman–Crippen MR) is 88.8 cm³/mol. The molecule has 1 saturated heterocycles. The summed E-state index contributed by atoms with van der Waals surface area (Å²) in [5.74, 6) is 0.850. The maximum Gasteiger partial charge on any atom is 0.0474 e. The van der Waals surface area contributed by atoms with E-state index in [1.54, 1.807) is 0 Å². The second-order valence-corrected chi connectivity index (χ2v) is 6.42. The van der Waals surface area contributed by atoms with Crippen LogP contribution in [0.1, 0.15) is 51.6 Å². The van der Waals surface area contributed by atoms with Crippen LogP contribution in [0.3, 0.4) is 0 Å². The van der Waals surface area contributed by atoms with E-state index in [9.17, 15) is 0 Å². The number of benzene rings is 1. The summed E-state index contributed by atoms with van der Waals surface area (Å²) < 4.78 is 0. The highest BCUT2D eigenvalue weighted by Crippen LogP contribution is 2.29. The van der Waals surface area contributed by atoms with Crippen LogP contribution >= 0.6 is 11.6 Å². The van der Waals surface area contributed by atoms with E-state index in [1.165, 1.54) is 30.5 Å². The van der Waals surface area contributed by atoms with Gasteiger partial charge < -0.3 is 10.2 Å². The van der Waals surface area contributed by atoms with Crippen molar-refractivity contribution in [3.8, 4) is 0 Å². The topological polar surface area (TPSA) is 15.3 Å². The molecule has 0 radical (unpaired) electrons. The molecule has 0 saturated carbocycles. The second kappa shape index (κ2) is 7.33. The first kappa shape index (κ1) is 15.7. The fraction of sp³-hybridized carbons (Fsp3) is 0.647. The van der Waals surface area contributed by atoms with Crippen LogP contribution < -0.4 is 10.2 Å². The van der Waals surface area contributed by atoms with Crippen molar-refractivity contribution in [2.45, 2.75) is 46.1 Å². The monoisotopic (exact) mass is 294 g/mol. The summed E-state index contributed by atoms with van der Waals surface area (Å²) in [4.78, 5) is 2.48. The summed E-state index contributed by atoms with van der Waals surface area (Å²) in [6.45, 7) is 9.92. The minimum atomic E-state index is 0.311. The molecule has 1 aromatic rings. The van der Waals surface area contributed by atoms with Crippen molar-refractivity contribution < 1.29 is 0 Å². The third-order valence-corrected chi connectivity index (χ3v) is 4.67. The lowest BCUT2D eigenvalue weighted by atomic mass is 10.0. The SMILES string of the molecule is CCNC(C)c1ccc(N2CCCC(C)CC2)cc1Cl. The predicted octanol–water partition coefficient (Wildman–Crippen LogP) is 4.64. The van der Waals surface area contributed by atoms with Crippen LogP contribution in [0.4, 0.5) is 5.69 Å². The van der Waals surface area contributed by atoms with Gasteiger partial charge in [-0.25, -0.2) is 0 Å². The van der Waals surface area contributed by atoms with E-state index in [-0.39, 0.29) is 0 Å². The van der Waals surface area contributed by atoms with Crippen LogP contribution in [-0.4, -0.2) is 19.6 Å². The van der Waals surface area contributed by atoms with Gasteiger partial charge in [0.25, 0.3) is 0 Å². The highest BCUT2D eigenvalue weighted by Gasteiger charge is 2.16. The van der Waals surface area contributed by atoms with Gasteiger partial charge in [0.15, 0.2) is 0 Å². The zero-order valence-corrected chi connectivity index (χ0v) is 13.7. The number of rotatable bonds is 4. The summed E-state index contributed by atoms with van der Waals surface area (Å²) in [5.41, 5.74) is 2.47. The molecular weight excluding hydrogens is 268 g/mol. The van der Waals surface area contributed by atoms with Gasteiger partial charge in [-0.05, 0) is 56.3 Å². The van der Waals surface area contributed by atoms with Gasteiger partial charge in [-0.1, -0.05) is 31.5 Å². The molecule has 0 bridgehead atoms. The summed E-state index contributed by atoms with van der Waals surface area (Å²) in [6, 6.07) is 6.86. The molecule has 2 unspecified atom stereocenters. The first-order valence-electron chi connectivity index (χ1n) is 7.89. The van der Waals surface area contributed by atoms with Gasteiger partial charge in [-0.3, -0.25) is 0 Å². The molecule has 0 spiro atoms. The van der Waals surface area contributed by atoms with Crippen LogP contribution in [-0.2, 0) is 0 Å². The fourth-order valence-electron chi connectivity index (χ4n) is 3.00. The molecule has 1 fully saturated rings. The van der Waals surface area contributed by atoms with Crippen molar-refractivity contribution in [1.29, 1.82) is 0 Å². The molecule has 2 rings (SSSR count).